The summed E-state index contributed by atoms with van der Waals surface area (Å²) in [5.41, 5.74) is 0.953. The first-order chi connectivity index (χ1) is 6.78. The van der Waals surface area contributed by atoms with Gasteiger partial charge in [-0.25, -0.2) is 0 Å². The first-order valence-electron chi connectivity index (χ1n) is 5.14. The quantitative estimate of drug-likeness (QED) is 0.791. The Kier molecular flexibility index (Phi) is 2.57. The van der Waals surface area contributed by atoms with Crippen molar-refractivity contribution in [2.75, 3.05) is 6.61 Å². The zero-order chi connectivity index (χ0) is 9.97. The van der Waals surface area contributed by atoms with E-state index in [4.69, 9.17) is 4.74 Å². The van der Waals surface area contributed by atoms with Crippen LogP contribution in [0.2, 0.25) is 0 Å². The Bertz CT molecular complexity index is 366. The molecule has 0 atom stereocenters. The molecule has 1 aliphatic rings. The number of hydrogen-bond donors (Lipinski definition) is 1. The third kappa shape index (κ3) is 2.37. The predicted octanol–water partition coefficient (Wildman–Crippen LogP) is 1.73. The summed E-state index contributed by atoms with van der Waals surface area (Å²) in [5, 5.41) is 0. The number of nitrogens with one attached hydrogen (secondary N) is 1. The molecule has 1 fully saturated rings. The summed E-state index contributed by atoms with van der Waals surface area (Å²) < 4.78 is 5.50. The van der Waals surface area contributed by atoms with Crippen LogP contribution in [0.15, 0.2) is 16.9 Å². The van der Waals surface area contributed by atoms with E-state index in [1.54, 1.807) is 6.07 Å². The second-order valence-corrected chi connectivity index (χ2v) is 3.83. The molecule has 1 saturated carbocycles. The van der Waals surface area contributed by atoms with E-state index in [0.717, 1.165) is 18.6 Å². The van der Waals surface area contributed by atoms with E-state index in [1.807, 2.05) is 13.0 Å². The van der Waals surface area contributed by atoms with Gasteiger partial charge in [0.15, 0.2) is 5.88 Å². The van der Waals surface area contributed by atoms with Gasteiger partial charge >= 0.3 is 0 Å². The van der Waals surface area contributed by atoms with Gasteiger partial charge in [0, 0.05) is 12.1 Å². The third-order valence-electron chi connectivity index (χ3n) is 2.46. The number of ether oxygens (including phenoxy) is 1. The monoisotopic (exact) mass is 193 g/mol. The van der Waals surface area contributed by atoms with Crippen molar-refractivity contribution in [1.29, 1.82) is 0 Å². The molecular weight excluding hydrogens is 178 g/mol. The smallest absolute Gasteiger partial charge is 0.250 e. The van der Waals surface area contributed by atoms with Crippen LogP contribution in [0, 0.1) is 5.92 Å². The largest absolute Gasteiger partial charge is 0.479 e. The maximum atomic E-state index is 11.2. The van der Waals surface area contributed by atoms with E-state index < -0.39 is 0 Å². The average Bonchev–Trinajstić information content (AvgIpc) is 2.97. The molecule has 0 aromatic carbocycles. The molecule has 1 aliphatic carbocycles. The minimum absolute atomic E-state index is 0.0739. The molecule has 1 heterocycles. The first kappa shape index (κ1) is 9.31. The maximum absolute atomic E-state index is 11.2. The van der Waals surface area contributed by atoms with Crippen LogP contribution < -0.4 is 10.3 Å². The zero-order valence-corrected chi connectivity index (χ0v) is 8.38. The molecule has 0 bridgehead atoms. The van der Waals surface area contributed by atoms with Gasteiger partial charge in [-0.2, -0.15) is 0 Å². The standard InChI is InChI=1S/C11H15NO2/c1-2-8-5-10(13)12-11(6-8)14-7-9-3-4-9/h5-6,9H,2-4,7H2,1H3,(H,12,13). The molecule has 1 aromatic rings. The SMILES string of the molecule is CCc1cc(OCC2CC2)[nH]c(=O)c1. The Morgan fingerprint density at radius 2 is 2.29 bits per heavy atom. The number of rotatable bonds is 4. The van der Waals surface area contributed by atoms with Crippen LogP contribution in [0.1, 0.15) is 25.3 Å². The topological polar surface area (TPSA) is 42.1 Å². The van der Waals surface area contributed by atoms with Gasteiger partial charge < -0.3 is 4.74 Å². The Morgan fingerprint density at radius 3 is 2.93 bits per heavy atom. The van der Waals surface area contributed by atoms with E-state index >= 15 is 0 Å². The normalized spacial score (nSPS) is 15.5. The van der Waals surface area contributed by atoms with Gasteiger partial charge in [0.1, 0.15) is 0 Å². The summed E-state index contributed by atoms with van der Waals surface area (Å²) in [6, 6.07) is 3.52. The number of aromatic amines is 1. The molecule has 0 radical (unpaired) electrons. The van der Waals surface area contributed by atoms with Crippen LogP contribution >= 0.6 is 0 Å². The van der Waals surface area contributed by atoms with Crippen LogP contribution in [-0.4, -0.2) is 11.6 Å². The highest BCUT2D eigenvalue weighted by Crippen LogP contribution is 2.29. The van der Waals surface area contributed by atoms with Gasteiger partial charge in [0.25, 0.3) is 5.56 Å². The fourth-order valence-electron chi connectivity index (χ4n) is 1.35. The Morgan fingerprint density at radius 1 is 1.50 bits per heavy atom. The summed E-state index contributed by atoms with van der Waals surface area (Å²) in [7, 11) is 0. The highest BCUT2D eigenvalue weighted by molar-refractivity contribution is 5.20. The lowest BCUT2D eigenvalue weighted by Gasteiger charge is -2.05. The lowest BCUT2D eigenvalue weighted by Crippen LogP contribution is -2.10. The van der Waals surface area contributed by atoms with E-state index in [2.05, 4.69) is 4.98 Å². The van der Waals surface area contributed by atoms with E-state index in [9.17, 15) is 4.79 Å². The second-order valence-electron chi connectivity index (χ2n) is 3.83. The van der Waals surface area contributed by atoms with Gasteiger partial charge in [-0.05, 0) is 30.7 Å². The Labute approximate surface area is 83.1 Å². The molecule has 0 spiro atoms. The van der Waals surface area contributed by atoms with E-state index in [-0.39, 0.29) is 5.56 Å². The Balaban J connectivity index is 2.06. The van der Waals surface area contributed by atoms with Crippen LogP contribution in [-0.2, 0) is 6.42 Å². The number of aromatic nitrogens is 1. The van der Waals surface area contributed by atoms with Crippen molar-refractivity contribution >= 4 is 0 Å². The molecule has 3 nitrogen and oxygen atoms in total. The van der Waals surface area contributed by atoms with Crippen molar-refractivity contribution in [2.24, 2.45) is 5.92 Å². The highest BCUT2D eigenvalue weighted by atomic mass is 16.5. The lowest BCUT2D eigenvalue weighted by atomic mass is 10.2. The summed E-state index contributed by atoms with van der Waals surface area (Å²) in [6.45, 7) is 2.77. The third-order valence-corrected chi connectivity index (χ3v) is 2.46. The van der Waals surface area contributed by atoms with Gasteiger partial charge in [0.05, 0.1) is 6.61 Å². The van der Waals surface area contributed by atoms with Gasteiger partial charge in [-0.15, -0.1) is 0 Å². The summed E-state index contributed by atoms with van der Waals surface area (Å²) in [5.74, 6) is 1.32. The minimum Gasteiger partial charge on any atom is -0.479 e. The van der Waals surface area contributed by atoms with Crippen LogP contribution in [0.3, 0.4) is 0 Å². The molecule has 1 aromatic heterocycles. The van der Waals surface area contributed by atoms with Crippen LogP contribution in [0.25, 0.3) is 0 Å². The predicted molar refractivity (Wildman–Crippen MR) is 54.7 cm³/mol. The number of aryl methyl sites for hydroxylation is 1. The fraction of sp³-hybridized carbons (Fsp3) is 0.545. The minimum atomic E-state index is -0.0739. The summed E-state index contributed by atoms with van der Waals surface area (Å²) in [6.07, 6.45) is 3.39. The van der Waals surface area contributed by atoms with E-state index in [1.165, 1.54) is 12.8 Å². The van der Waals surface area contributed by atoms with Crippen molar-refractivity contribution in [3.8, 4) is 5.88 Å². The number of pyridine rings is 1. The van der Waals surface area contributed by atoms with Crippen molar-refractivity contribution in [2.45, 2.75) is 26.2 Å². The number of H-pyrrole nitrogens is 1. The van der Waals surface area contributed by atoms with Crippen molar-refractivity contribution in [3.63, 3.8) is 0 Å². The molecule has 0 saturated heterocycles. The summed E-state index contributed by atoms with van der Waals surface area (Å²) >= 11 is 0. The summed E-state index contributed by atoms with van der Waals surface area (Å²) in [4.78, 5) is 13.9. The van der Waals surface area contributed by atoms with Gasteiger partial charge in [-0.3, -0.25) is 9.78 Å². The lowest BCUT2D eigenvalue weighted by molar-refractivity contribution is 0.287. The highest BCUT2D eigenvalue weighted by Gasteiger charge is 2.21. The molecule has 1 N–H and O–H groups in total. The number of hydrogen-bond acceptors (Lipinski definition) is 2. The van der Waals surface area contributed by atoms with Crippen LogP contribution in [0.5, 0.6) is 5.88 Å². The molecule has 0 aliphatic heterocycles. The fourth-order valence-corrected chi connectivity index (χ4v) is 1.35. The molecular formula is C11H15NO2. The van der Waals surface area contributed by atoms with Gasteiger partial charge in [0.2, 0.25) is 0 Å². The molecule has 0 amide bonds. The molecule has 14 heavy (non-hydrogen) atoms. The maximum Gasteiger partial charge on any atom is 0.250 e. The van der Waals surface area contributed by atoms with Crippen molar-refractivity contribution < 1.29 is 4.74 Å². The first-order valence-corrected chi connectivity index (χ1v) is 5.14. The second kappa shape index (κ2) is 3.86. The Hall–Kier alpha value is -1.25. The average molecular weight is 193 g/mol. The molecule has 2 rings (SSSR count). The van der Waals surface area contributed by atoms with Gasteiger partial charge in [-0.1, -0.05) is 6.92 Å². The molecule has 0 unspecified atom stereocenters. The van der Waals surface area contributed by atoms with Crippen molar-refractivity contribution in [1.82, 2.24) is 4.98 Å². The molecule has 76 valence electrons. The van der Waals surface area contributed by atoms with Crippen LogP contribution in [0.4, 0.5) is 0 Å². The zero-order valence-electron chi connectivity index (χ0n) is 8.38. The van der Waals surface area contributed by atoms with Crippen molar-refractivity contribution in [3.05, 3.63) is 28.0 Å². The molecule has 3 heteroatoms. The van der Waals surface area contributed by atoms with E-state index in [0.29, 0.717) is 11.8 Å².